The van der Waals surface area contributed by atoms with E-state index in [4.69, 9.17) is 4.52 Å². The quantitative estimate of drug-likeness (QED) is 0.294. The van der Waals surface area contributed by atoms with Gasteiger partial charge in [-0.05, 0) is 37.5 Å². The van der Waals surface area contributed by atoms with Crippen molar-refractivity contribution in [1.82, 2.24) is 25.8 Å². The lowest BCUT2D eigenvalue weighted by Gasteiger charge is -2.10. The molecule has 0 unspecified atom stereocenters. The van der Waals surface area contributed by atoms with Gasteiger partial charge >= 0.3 is 0 Å². The number of aryl methyl sites for hydroxylation is 2. The Hall–Kier alpha value is -2.10. The number of hydrogen-bond acceptors (Lipinski definition) is 4. The standard InChI is InChI=1S/C18H24N6O.HI/c1-12-4-5-15-14(11-22-16(15)10-12)6-8-20-18(19-3)21-9-7-17-23-13(2)24-25-17;/h4-5,10-11,22H,6-9H2,1-3H3,(H2,19,20,21);1H. The summed E-state index contributed by atoms with van der Waals surface area (Å²) < 4.78 is 5.09. The van der Waals surface area contributed by atoms with Gasteiger partial charge < -0.3 is 20.1 Å². The topological polar surface area (TPSA) is 91.1 Å². The molecular formula is C18H25IN6O. The average molecular weight is 468 g/mol. The van der Waals surface area contributed by atoms with Crippen LogP contribution in [0, 0.1) is 13.8 Å². The lowest BCUT2D eigenvalue weighted by Crippen LogP contribution is -2.39. The van der Waals surface area contributed by atoms with Crippen LogP contribution in [-0.2, 0) is 12.8 Å². The van der Waals surface area contributed by atoms with Crippen molar-refractivity contribution < 1.29 is 4.52 Å². The molecule has 3 rings (SSSR count). The molecule has 0 spiro atoms. The SMILES string of the molecule is CN=C(NCCc1nc(C)no1)NCCc1c[nH]c2cc(C)ccc12.I. The highest BCUT2D eigenvalue weighted by molar-refractivity contribution is 14.0. The first-order valence-corrected chi connectivity index (χ1v) is 8.46. The fraction of sp³-hybridized carbons (Fsp3) is 0.389. The van der Waals surface area contributed by atoms with Crippen LogP contribution in [0.2, 0.25) is 0 Å². The molecule has 0 fully saturated rings. The van der Waals surface area contributed by atoms with Crippen LogP contribution in [0.4, 0.5) is 0 Å². The number of benzene rings is 1. The maximum absolute atomic E-state index is 5.09. The molecule has 7 nitrogen and oxygen atoms in total. The molecule has 1 aromatic carbocycles. The maximum atomic E-state index is 5.09. The van der Waals surface area contributed by atoms with Crippen molar-refractivity contribution in [3.05, 3.63) is 47.2 Å². The Morgan fingerprint density at radius 3 is 2.65 bits per heavy atom. The van der Waals surface area contributed by atoms with E-state index in [2.05, 4.69) is 62.1 Å². The normalized spacial score (nSPS) is 11.4. The van der Waals surface area contributed by atoms with Crippen molar-refractivity contribution in [1.29, 1.82) is 0 Å². The van der Waals surface area contributed by atoms with E-state index >= 15 is 0 Å². The van der Waals surface area contributed by atoms with Crippen molar-refractivity contribution >= 4 is 40.8 Å². The summed E-state index contributed by atoms with van der Waals surface area (Å²) >= 11 is 0. The summed E-state index contributed by atoms with van der Waals surface area (Å²) in [5.74, 6) is 2.06. The number of H-pyrrole nitrogens is 1. The van der Waals surface area contributed by atoms with Crippen LogP contribution in [0.15, 0.2) is 33.9 Å². The predicted octanol–water partition coefficient (Wildman–Crippen LogP) is 2.74. The van der Waals surface area contributed by atoms with Crippen LogP contribution in [-0.4, -0.2) is 41.2 Å². The number of aromatic amines is 1. The van der Waals surface area contributed by atoms with Crippen LogP contribution < -0.4 is 10.6 Å². The number of aliphatic imine (C=N–C) groups is 1. The Morgan fingerprint density at radius 2 is 1.96 bits per heavy atom. The molecular weight excluding hydrogens is 443 g/mol. The molecule has 0 amide bonds. The number of nitrogens with one attached hydrogen (secondary N) is 3. The molecule has 0 atom stereocenters. The second-order valence-corrected chi connectivity index (χ2v) is 6.02. The third-order valence-electron chi connectivity index (χ3n) is 4.03. The van der Waals surface area contributed by atoms with Crippen molar-refractivity contribution in [2.75, 3.05) is 20.1 Å². The van der Waals surface area contributed by atoms with Crippen LogP contribution in [0.1, 0.15) is 22.8 Å². The van der Waals surface area contributed by atoms with Gasteiger partial charge in [0.05, 0.1) is 0 Å². The maximum Gasteiger partial charge on any atom is 0.228 e. The minimum Gasteiger partial charge on any atom is -0.361 e. The molecule has 3 N–H and O–H groups in total. The van der Waals surface area contributed by atoms with Crippen molar-refractivity contribution in [3.8, 4) is 0 Å². The summed E-state index contributed by atoms with van der Waals surface area (Å²) in [6, 6.07) is 6.49. The zero-order chi connectivity index (χ0) is 17.6. The van der Waals surface area contributed by atoms with Gasteiger partial charge in [0.25, 0.3) is 0 Å². The van der Waals surface area contributed by atoms with E-state index in [1.807, 2.05) is 6.92 Å². The molecule has 3 aromatic rings. The van der Waals surface area contributed by atoms with E-state index in [1.54, 1.807) is 7.05 Å². The fourth-order valence-corrected chi connectivity index (χ4v) is 2.77. The lowest BCUT2D eigenvalue weighted by molar-refractivity contribution is 0.374. The largest absolute Gasteiger partial charge is 0.361 e. The summed E-state index contributed by atoms with van der Waals surface area (Å²) in [6.07, 6.45) is 3.68. The Labute approximate surface area is 170 Å². The van der Waals surface area contributed by atoms with Gasteiger partial charge in [-0.25, -0.2) is 0 Å². The van der Waals surface area contributed by atoms with Gasteiger partial charge in [-0.2, -0.15) is 4.98 Å². The highest BCUT2D eigenvalue weighted by Gasteiger charge is 2.05. The number of hydrogen-bond donors (Lipinski definition) is 3. The monoisotopic (exact) mass is 468 g/mol. The fourth-order valence-electron chi connectivity index (χ4n) is 2.77. The van der Waals surface area contributed by atoms with Gasteiger partial charge in [-0.15, -0.1) is 24.0 Å². The number of halogens is 1. The Balaban J connectivity index is 0.00000243. The second-order valence-electron chi connectivity index (χ2n) is 6.02. The van der Waals surface area contributed by atoms with Crippen LogP contribution in [0.5, 0.6) is 0 Å². The van der Waals surface area contributed by atoms with E-state index in [1.165, 1.54) is 22.0 Å². The van der Waals surface area contributed by atoms with Crippen LogP contribution in [0.3, 0.4) is 0 Å². The molecule has 0 radical (unpaired) electrons. The molecule has 0 aliphatic heterocycles. The molecule has 2 aromatic heterocycles. The molecule has 8 heteroatoms. The molecule has 0 aliphatic rings. The summed E-state index contributed by atoms with van der Waals surface area (Å²) in [4.78, 5) is 11.8. The number of fused-ring (bicyclic) bond motifs is 1. The first-order valence-electron chi connectivity index (χ1n) is 8.46. The van der Waals surface area contributed by atoms with Gasteiger partial charge in [0.1, 0.15) is 0 Å². The van der Waals surface area contributed by atoms with Crippen LogP contribution in [0.25, 0.3) is 10.9 Å². The smallest absolute Gasteiger partial charge is 0.228 e. The first kappa shape index (κ1) is 20.2. The molecule has 0 saturated heterocycles. The molecule has 0 bridgehead atoms. The van der Waals surface area contributed by atoms with Crippen molar-refractivity contribution in [2.24, 2.45) is 4.99 Å². The lowest BCUT2D eigenvalue weighted by atomic mass is 10.1. The predicted molar refractivity (Wildman–Crippen MR) is 114 cm³/mol. The van der Waals surface area contributed by atoms with Crippen molar-refractivity contribution in [2.45, 2.75) is 26.7 Å². The van der Waals surface area contributed by atoms with Gasteiger partial charge in [0.2, 0.25) is 5.89 Å². The number of guanidine groups is 1. The highest BCUT2D eigenvalue weighted by Crippen LogP contribution is 2.19. The third-order valence-corrected chi connectivity index (χ3v) is 4.03. The number of rotatable bonds is 6. The number of aromatic nitrogens is 3. The Morgan fingerprint density at radius 1 is 1.19 bits per heavy atom. The zero-order valence-corrected chi connectivity index (χ0v) is 17.6. The Kier molecular flexibility index (Phi) is 7.43. The minimum atomic E-state index is 0. The van der Waals surface area contributed by atoms with E-state index in [0.29, 0.717) is 24.7 Å². The second kappa shape index (κ2) is 9.56. The third kappa shape index (κ3) is 5.20. The summed E-state index contributed by atoms with van der Waals surface area (Å²) in [5.41, 5.74) is 3.76. The first-order chi connectivity index (χ1) is 12.2. The Bertz CT molecular complexity index is 870. The van der Waals surface area contributed by atoms with Gasteiger partial charge in [-0.3, -0.25) is 4.99 Å². The van der Waals surface area contributed by atoms with Gasteiger partial charge in [0.15, 0.2) is 11.8 Å². The molecule has 2 heterocycles. The molecule has 0 saturated carbocycles. The van der Waals surface area contributed by atoms with Crippen molar-refractivity contribution in [3.63, 3.8) is 0 Å². The summed E-state index contributed by atoms with van der Waals surface area (Å²) in [6.45, 7) is 5.41. The van der Waals surface area contributed by atoms with E-state index in [9.17, 15) is 0 Å². The van der Waals surface area contributed by atoms with E-state index in [0.717, 1.165) is 18.9 Å². The molecule has 26 heavy (non-hydrogen) atoms. The molecule has 0 aliphatic carbocycles. The molecule has 140 valence electrons. The summed E-state index contributed by atoms with van der Waals surface area (Å²) in [7, 11) is 1.76. The zero-order valence-electron chi connectivity index (χ0n) is 15.3. The average Bonchev–Trinajstić information content (AvgIpc) is 3.19. The van der Waals surface area contributed by atoms with E-state index in [-0.39, 0.29) is 24.0 Å². The highest BCUT2D eigenvalue weighted by atomic mass is 127. The van der Waals surface area contributed by atoms with Gasteiger partial charge in [0, 0.05) is 43.7 Å². The van der Waals surface area contributed by atoms with Crippen LogP contribution >= 0.6 is 24.0 Å². The minimum absolute atomic E-state index is 0. The summed E-state index contributed by atoms with van der Waals surface area (Å²) in [5, 5.41) is 11.6. The van der Waals surface area contributed by atoms with E-state index < -0.39 is 0 Å². The van der Waals surface area contributed by atoms with Gasteiger partial charge in [-0.1, -0.05) is 17.3 Å². The number of nitrogens with zero attached hydrogens (tertiary/aromatic N) is 3.